The summed E-state index contributed by atoms with van der Waals surface area (Å²) in [6.45, 7) is 0.994. The second kappa shape index (κ2) is 10.0. The van der Waals surface area contributed by atoms with Gasteiger partial charge in [0.15, 0.2) is 5.96 Å². The Labute approximate surface area is 165 Å². The van der Waals surface area contributed by atoms with Crippen LogP contribution < -0.4 is 15.4 Å². The van der Waals surface area contributed by atoms with E-state index in [1.807, 2.05) is 6.92 Å². The summed E-state index contributed by atoms with van der Waals surface area (Å²) >= 11 is 0. The highest BCUT2D eigenvalue weighted by Crippen LogP contribution is 2.22. The third-order valence-electron chi connectivity index (χ3n) is 4.70. The summed E-state index contributed by atoms with van der Waals surface area (Å²) in [5.74, 6) is 1.03. The van der Waals surface area contributed by atoms with Crippen LogP contribution in [0.15, 0.2) is 23.2 Å². The van der Waals surface area contributed by atoms with E-state index in [-0.39, 0.29) is 12.3 Å². The second-order valence-electron chi connectivity index (χ2n) is 6.90. The van der Waals surface area contributed by atoms with Gasteiger partial charge in [0.1, 0.15) is 5.75 Å². The Morgan fingerprint density at radius 3 is 2.57 bits per heavy atom. The van der Waals surface area contributed by atoms with E-state index in [9.17, 15) is 17.2 Å². The van der Waals surface area contributed by atoms with E-state index in [1.54, 1.807) is 19.2 Å². The van der Waals surface area contributed by atoms with Crippen molar-refractivity contribution >= 4 is 16.0 Å². The standard InChI is InChI=1S/C18H28F2N4O3S/c1-13-4-5-16(27-17(19)20)15(10-13)12-23-18(21-2)22-11-14-6-8-24(9-7-14)28(3,25)26/h4-5,10,14,17H,6-9,11-12H2,1-3H3,(H2,21,22,23). The molecule has 0 atom stereocenters. The molecule has 1 fully saturated rings. The Bertz CT molecular complexity index is 779. The van der Waals surface area contributed by atoms with Gasteiger partial charge in [-0.2, -0.15) is 8.78 Å². The second-order valence-corrected chi connectivity index (χ2v) is 8.88. The number of piperidine rings is 1. The molecular formula is C18H28F2N4O3S. The highest BCUT2D eigenvalue weighted by Gasteiger charge is 2.24. The van der Waals surface area contributed by atoms with Gasteiger partial charge in [0.05, 0.1) is 6.26 Å². The number of aliphatic imine (C=N–C) groups is 1. The van der Waals surface area contributed by atoms with Crippen LogP contribution in [0.5, 0.6) is 5.75 Å². The van der Waals surface area contributed by atoms with E-state index in [0.717, 1.165) is 18.4 Å². The Balaban J connectivity index is 1.85. The van der Waals surface area contributed by atoms with Gasteiger partial charge in [0.2, 0.25) is 10.0 Å². The van der Waals surface area contributed by atoms with Gasteiger partial charge in [-0.25, -0.2) is 12.7 Å². The molecule has 0 unspecified atom stereocenters. The molecule has 0 saturated carbocycles. The normalized spacial score (nSPS) is 17.0. The number of rotatable bonds is 7. The molecule has 1 aliphatic heterocycles. The molecule has 10 heteroatoms. The molecule has 2 N–H and O–H groups in total. The number of nitrogens with zero attached hydrogens (tertiary/aromatic N) is 2. The SMILES string of the molecule is CN=C(NCc1cc(C)ccc1OC(F)F)NCC1CCN(S(C)(=O)=O)CC1. The molecule has 1 saturated heterocycles. The quantitative estimate of drug-likeness (QED) is 0.522. The Kier molecular flexibility index (Phi) is 7.99. The summed E-state index contributed by atoms with van der Waals surface area (Å²) in [5.41, 5.74) is 1.56. The van der Waals surface area contributed by atoms with Crippen molar-refractivity contribution in [3.63, 3.8) is 0 Å². The number of halogens is 2. The van der Waals surface area contributed by atoms with E-state index >= 15 is 0 Å². The molecule has 7 nitrogen and oxygen atoms in total. The third kappa shape index (κ3) is 6.90. The summed E-state index contributed by atoms with van der Waals surface area (Å²) in [5, 5.41) is 6.33. The summed E-state index contributed by atoms with van der Waals surface area (Å²) < 4.78 is 54.4. The van der Waals surface area contributed by atoms with Crippen LogP contribution in [0.3, 0.4) is 0 Å². The lowest BCUT2D eigenvalue weighted by Gasteiger charge is -2.30. The Morgan fingerprint density at radius 1 is 1.32 bits per heavy atom. The number of guanidine groups is 1. The van der Waals surface area contributed by atoms with Gasteiger partial charge in [0.25, 0.3) is 0 Å². The fraction of sp³-hybridized carbons (Fsp3) is 0.611. The molecule has 1 aromatic rings. The van der Waals surface area contributed by atoms with Gasteiger partial charge >= 0.3 is 6.61 Å². The first-order chi connectivity index (χ1) is 13.2. The number of hydrogen-bond acceptors (Lipinski definition) is 4. The highest BCUT2D eigenvalue weighted by atomic mass is 32.2. The van der Waals surface area contributed by atoms with E-state index in [4.69, 9.17) is 0 Å². The molecular weight excluding hydrogens is 390 g/mol. The molecule has 1 heterocycles. The Hall–Kier alpha value is -1.94. The number of nitrogens with one attached hydrogen (secondary N) is 2. The van der Waals surface area contributed by atoms with E-state index < -0.39 is 16.6 Å². The predicted molar refractivity (Wildman–Crippen MR) is 105 cm³/mol. The minimum absolute atomic E-state index is 0.136. The van der Waals surface area contributed by atoms with Crippen LogP contribution in [0.4, 0.5) is 8.78 Å². The largest absolute Gasteiger partial charge is 0.434 e. The topological polar surface area (TPSA) is 83.0 Å². The lowest BCUT2D eigenvalue weighted by atomic mass is 9.98. The van der Waals surface area contributed by atoms with Crippen molar-refractivity contribution in [3.8, 4) is 5.75 Å². The van der Waals surface area contributed by atoms with Crippen LogP contribution in [0.1, 0.15) is 24.0 Å². The molecule has 0 radical (unpaired) electrons. The molecule has 0 amide bonds. The number of benzene rings is 1. The maximum Gasteiger partial charge on any atom is 0.387 e. The number of alkyl halides is 2. The van der Waals surface area contributed by atoms with Crippen molar-refractivity contribution in [2.24, 2.45) is 10.9 Å². The van der Waals surface area contributed by atoms with Crippen molar-refractivity contribution in [2.45, 2.75) is 32.9 Å². The fourth-order valence-corrected chi connectivity index (χ4v) is 4.02. The molecule has 1 aromatic carbocycles. The van der Waals surface area contributed by atoms with Crippen LogP contribution in [-0.2, 0) is 16.6 Å². The zero-order valence-electron chi connectivity index (χ0n) is 16.4. The molecule has 1 aliphatic rings. The third-order valence-corrected chi connectivity index (χ3v) is 6.01. The molecule has 0 aliphatic carbocycles. The first-order valence-electron chi connectivity index (χ1n) is 9.13. The van der Waals surface area contributed by atoms with Crippen LogP contribution in [-0.4, -0.2) is 58.2 Å². The van der Waals surface area contributed by atoms with Gasteiger partial charge in [0, 0.05) is 38.8 Å². The average Bonchev–Trinajstić information content (AvgIpc) is 2.63. The number of sulfonamides is 1. The van der Waals surface area contributed by atoms with Crippen molar-refractivity contribution in [3.05, 3.63) is 29.3 Å². The molecule has 28 heavy (non-hydrogen) atoms. The molecule has 0 spiro atoms. The number of ether oxygens (including phenoxy) is 1. The minimum Gasteiger partial charge on any atom is -0.434 e. The Morgan fingerprint density at radius 2 is 2.00 bits per heavy atom. The maximum atomic E-state index is 12.6. The zero-order chi connectivity index (χ0) is 20.7. The summed E-state index contributed by atoms with van der Waals surface area (Å²) in [4.78, 5) is 4.15. The van der Waals surface area contributed by atoms with Gasteiger partial charge in [-0.1, -0.05) is 17.7 Å². The first kappa shape index (κ1) is 22.4. The van der Waals surface area contributed by atoms with Gasteiger partial charge < -0.3 is 15.4 Å². The van der Waals surface area contributed by atoms with Crippen LogP contribution in [0, 0.1) is 12.8 Å². The van der Waals surface area contributed by atoms with E-state index in [2.05, 4.69) is 20.4 Å². The van der Waals surface area contributed by atoms with Crippen LogP contribution in [0.2, 0.25) is 0 Å². The average molecular weight is 419 g/mol. The van der Waals surface area contributed by atoms with Crippen LogP contribution in [0.25, 0.3) is 0 Å². The van der Waals surface area contributed by atoms with Gasteiger partial charge in [-0.15, -0.1) is 0 Å². The molecule has 2 rings (SSSR count). The molecule has 0 bridgehead atoms. The zero-order valence-corrected chi connectivity index (χ0v) is 17.2. The van der Waals surface area contributed by atoms with Crippen molar-refractivity contribution in [2.75, 3.05) is 32.9 Å². The predicted octanol–water partition coefficient (Wildman–Crippen LogP) is 1.93. The highest BCUT2D eigenvalue weighted by molar-refractivity contribution is 7.88. The van der Waals surface area contributed by atoms with Crippen molar-refractivity contribution in [1.29, 1.82) is 0 Å². The van der Waals surface area contributed by atoms with E-state index in [1.165, 1.54) is 16.6 Å². The lowest BCUT2D eigenvalue weighted by Crippen LogP contribution is -2.43. The summed E-state index contributed by atoms with van der Waals surface area (Å²) in [6, 6.07) is 5.04. The number of hydrogen-bond donors (Lipinski definition) is 2. The monoisotopic (exact) mass is 418 g/mol. The van der Waals surface area contributed by atoms with Crippen LogP contribution >= 0.6 is 0 Å². The summed E-state index contributed by atoms with van der Waals surface area (Å²) in [6.07, 6.45) is 2.79. The molecule has 0 aromatic heterocycles. The van der Waals surface area contributed by atoms with Gasteiger partial charge in [-0.3, -0.25) is 4.99 Å². The van der Waals surface area contributed by atoms with E-state index in [0.29, 0.717) is 37.1 Å². The smallest absolute Gasteiger partial charge is 0.387 e. The minimum atomic E-state index is -3.13. The van der Waals surface area contributed by atoms with Gasteiger partial charge in [-0.05, 0) is 31.7 Å². The lowest BCUT2D eigenvalue weighted by molar-refractivity contribution is -0.0504. The fourth-order valence-electron chi connectivity index (χ4n) is 3.14. The summed E-state index contributed by atoms with van der Waals surface area (Å²) in [7, 11) is -1.50. The van der Waals surface area contributed by atoms with Crippen molar-refractivity contribution in [1.82, 2.24) is 14.9 Å². The number of aryl methyl sites for hydroxylation is 1. The maximum absolute atomic E-state index is 12.6. The molecule has 158 valence electrons. The van der Waals surface area contributed by atoms with Crippen molar-refractivity contribution < 1.29 is 21.9 Å². The first-order valence-corrected chi connectivity index (χ1v) is 11.0.